The Balaban J connectivity index is 2.50. The highest BCUT2D eigenvalue weighted by Gasteiger charge is 2.21. The van der Waals surface area contributed by atoms with Gasteiger partial charge in [0.05, 0.1) is 6.10 Å². The molecule has 24 heavy (non-hydrogen) atoms. The molecular weight excluding hydrogens is 292 g/mol. The van der Waals surface area contributed by atoms with Crippen LogP contribution in [0.4, 0.5) is 0 Å². The summed E-state index contributed by atoms with van der Waals surface area (Å²) in [7, 11) is 0. The van der Waals surface area contributed by atoms with Gasteiger partial charge in [0.2, 0.25) is 0 Å². The number of hydrogen-bond donors (Lipinski definition) is 0. The van der Waals surface area contributed by atoms with Crippen molar-refractivity contribution in [1.82, 2.24) is 0 Å². The molecule has 0 aromatic carbocycles. The van der Waals surface area contributed by atoms with Gasteiger partial charge in [-0.3, -0.25) is 0 Å². The number of rotatable bonds is 11. The Morgan fingerprint density at radius 1 is 1.25 bits per heavy atom. The Morgan fingerprint density at radius 3 is 2.50 bits per heavy atom. The smallest absolute Gasteiger partial charge is 0.0819 e. The molecule has 0 spiro atoms. The number of allylic oxidation sites excluding steroid dienone is 2. The number of hydrogen-bond acceptors (Lipinski definition) is 1. The average molecular weight is 335 g/mol. The molecule has 0 fully saturated rings. The minimum atomic E-state index is 0.310. The maximum absolute atomic E-state index is 5.82. The van der Waals surface area contributed by atoms with E-state index in [1.54, 1.807) is 5.57 Å². The van der Waals surface area contributed by atoms with Gasteiger partial charge in [0.25, 0.3) is 0 Å². The van der Waals surface area contributed by atoms with E-state index >= 15 is 0 Å². The molecule has 1 heteroatoms. The molecular formula is C23H42O. The molecule has 1 aliphatic carbocycles. The summed E-state index contributed by atoms with van der Waals surface area (Å²) in [5.41, 5.74) is 3.49. The highest BCUT2D eigenvalue weighted by atomic mass is 16.5. The highest BCUT2D eigenvalue weighted by Crippen LogP contribution is 2.33. The van der Waals surface area contributed by atoms with Gasteiger partial charge >= 0.3 is 0 Å². The molecule has 0 aliphatic heterocycles. The molecule has 0 aromatic heterocycles. The van der Waals surface area contributed by atoms with Crippen molar-refractivity contribution in [2.75, 3.05) is 6.61 Å². The maximum atomic E-state index is 5.82. The second kappa shape index (κ2) is 10.4. The molecule has 3 unspecified atom stereocenters. The normalized spacial score (nSPS) is 21.2. The van der Waals surface area contributed by atoms with Crippen LogP contribution in [0.15, 0.2) is 23.3 Å². The highest BCUT2D eigenvalue weighted by molar-refractivity contribution is 5.31. The second-order valence-corrected chi connectivity index (χ2v) is 8.63. The first-order chi connectivity index (χ1) is 11.3. The van der Waals surface area contributed by atoms with E-state index in [1.807, 2.05) is 0 Å². The van der Waals surface area contributed by atoms with Gasteiger partial charge in [0.1, 0.15) is 0 Å². The zero-order valence-corrected chi connectivity index (χ0v) is 17.5. The number of ether oxygens (including phenoxy) is 1. The average Bonchev–Trinajstić information content (AvgIpc) is 2.54. The predicted octanol–water partition coefficient (Wildman–Crippen LogP) is 7.33. The molecule has 1 aliphatic rings. The van der Waals surface area contributed by atoms with Gasteiger partial charge in [-0.1, -0.05) is 66.0 Å². The third-order valence-electron chi connectivity index (χ3n) is 6.00. The summed E-state index contributed by atoms with van der Waals surface area (Å²) in [6, 6.07) is 0. The molecule has 1 nitrogen and oxygen atoms in total. The lowest BCUT2D eigenvalue weighted by Gasteiger charge is -2.28. The summed E-state index contributed by atoms with van der Waals surface area (Å²) in [6.45, 7) is 17.0. The van der Waals surface area contributed by atoms with Crippen molar-refractivity contribution in [2.45, 2.75) is 99.5 Å². The molecule has 0 amide bonds. The van der Waals surface area contributed by atoms with E-state index in [9.17, 15) is 0 Å². The summed E-state index contributed by atoms with van der Waals surface area (Å²) < 4.78 is 5.82. The lowest BCUT2D eigenvalue weighted by Crippen LogP contribution is -2.19. The monoisotopic (exact) mass is 334 g/mol. The SMILES string of the molecule is CCOC1CC=C(C(CC)CC(C)CCCC(C)(C)CC)C=C1C. The van der Waals surface area contributed by atoms with Gasteiger partial charge in [-0.15, -0.1) is 0 Å². The van der Waals surface area contributed by atoms with Gasteiger partial charge < -0.3 is 4.74 Å². The zero-order chi connectivity index (χ0) is 18.2. The topological polar surface area (TPSA) is 9.23 Å². The van der Waals surface area contributed by atoms with Gasteiger partial charge in [0.15, 0.2) is 0 Å². The van der Waals surface area contributed by atoms with Crippen LogP contribution in [0.5, 0.6) is 0 Å². The molecule has 0 radical (unpaired) electrons. The van der Waals surface area contributed by atoms with Crippen LogP contribution in [0.25, 0.3) is 0 Å². The summed E-state index contributed by atoms with van der Waals surface area (Å²) in [4.78, 5) is 0. The van der Waals surface area contributed by atoms with Crippen molar-refractivity contribution >= 4 is 0 Å². The molecule has 140 valence electrons. The van der Waals surface area contributed by atoms with Crippen LogP contribution in [-0.4, -0.2) is 12.7 Å². The van der Waals surface area contributed by atoms with Gasteiger partial charge in [-0.2, -0.15) is 0 Å². The third-order valence-corrected chi connectivity index (χ3v) is 6.00. The predicted molar refractivity (Wildman–Crippen MR) is 107 cm³/mol. The molecule has 0 saturated carbocycles. The van der Waals surface area contributed by atoms with Crippen LogP contribution in [0.2, 0.25) is 0 Å². The Bertz CT molecular complexity index is 416. The van der Waals surface area contributed by atoms with Crippen LogP contribution in [0.1, 0.15) is 93.4 Å². The lowest BCUT2D eigenvalue weighted by atomic mass is 9.80. The first-order valence-corrected chi connectivity index (χ1v) is 10.3. The van der Waals surface area contributed by atoms with Crippen molar-refractivity contribution in [1.29, 1.82) is 0 Å². The van der Waals surface area contributed by atoms with Crippen molar-refractivity contribution < 1.29 is 4.74 Å². The van der Waals surface area contributed by atoms with Crippen LogP contribution >= 0.6 is 0 Å². The van der Waals surface area contributed by atoms with Crippen molar-refractivity contribution in [3.8, 4) is 0 Å². The van der Waals surface area contributed by atoms with E-state index in [-0.39, 0.29) is 0 Å². The van der Waals surface area contributed by atoms with Crippen molar-refractivity contribution in [3.63, 3.8) is 0 Å². The first kappa shape index (κ1) is 21.5. The molecule has 0 N–H and O–H groups in total. The third kappa shape index (κ3) is 7.13. The molecule has 0 saturated heterocycles. The largest absolute Gasteiger partial charge is 0.374 e. The van der Waals surface area contributed by atoms with E-state index in [0.29, 0.717) is 11.5 Å². The van der Waals surface area contributed by atoms with Gasteiger partial charge in [-0.25, -0.2) is 0 Å². The maximum Gasteiger partial charge on any atom is 0.0819 e. The summed E-state index contributed by atoms with van der Waals surface area (Å²) in [5.74, 6) is 1.54. The fourth-order valence-electron chi connectivity index (χ4n) is 3.78. The van der Waals surface area contributed by atoms with Gasteiger partial charge in [-0.05, 0) is 67.9 Å². The minimum Gasteiger partial charge on any atom is -0.374 e. The van der Waals surface area contributed by atoms with E-state index in [0.717, 1.165) is 24.9 Å². The van der Waals surface area contributed by atoms with Crippen molar-refractivity contribution in [2.24, 2.45) is 17.3 Å². The first-order valence-electron chi connectivity index (χ1n) is 10.3. The lowest BCUT2D eigenvalue weighted by molar-refractivity contribution is 0.0889. The van der Waals surface area contributed by atoms with E-state index in [4.69, 9.17) is 4.74 Å². The van der Waals surface area contributed by atoms with E-state index in [2.05, 4.69) is 60.6 Å². The molecule has 3 atom stereocenters. The second-order valence-electron chi connectivity index (χ2n) is 8.63. The molecule has 0 aromatic rings. The quantitative estimate of drug-likeness (QED) is 0.384. The van der Waals surface area contributed by atoms with Crippen LogP contribution in [0, 0.1) is 17.3 Å². The standard InChI is InChI=1S/C23H42O/c1-8-20(16-18(4)12-11-15-23(6,7)9-2)21-13-14-22(24-10-3)19(5)17-21/h13,17-18,20,22H,8-12,14-16H2,1-7H3. The van der Waals surface area contributed by atoms with Crippen LogP contribution in [0.3, 0.4) is 0 Å². The Kier molecular flexibility index (Phi) is 9.34. The fraction of sp³-hybridized carbons (Fsp3) is 0.826. The van der Waals surface area contributed by atoms with Crippen LogP contribution < -0.4 is 0 Å². The molecule has 1 rings (SSSR count). The Morgan fingerprint density at radius 2 is 1.96 bits per heavy atom. The Labute approximate surface area is 151 Å². The zero-order valence-electron chi connectivity index (χ0n) is 17.5. The summed E-state index contributed by atoms with van der Waals surface area (Å²) in [6.07, 6.45) is 14.2. The minimum absolute atomic E-state index is 0.310. The fourth-order valence-corrected chi connectivity index (χ4v) is 3.78. The van der Waals surface area contributed by atoms with Crippen LogP contribution in [-0.2, 0) is 4.74 Å². The van der Waals surface area contributed by atoms with Crippen molar-refractivity contribution in [3.05, 3.63) is 23.3 Å². The molecule has 0 bridgehead atoms. The summed E-state index contributed by atoms with van der Waals surface area (Å²) in [5, 5.41) is 0. The summed E-state index contributed by atoms with van der Waals surface area (Å²) >= 11 is 0. The van der Waals surface area contributed by atoms with Gasteiger partial charge in [0, 0.05) is 6.61 Å². The molecule has 0 heterocycles. The van der Waals surface area contributed by atoms with E-state index < -0.39 is 0 Å². The Hall–Kier alpha value is -0.560. The van der Waals surface area contributed by atoms with E-state index in [1.165, 1.54) is 44.1 Å².